The molecule has 0 spiro atoms. The fraction of sp³-hybridized carbons (Fsp3) is 0.250. The minimum absolute atomic E-state index is 0.286. The molecule has 1 atom stereocenters. The molecule has 0 aliphatic carbocycles. The Morgan fingerprint density at radius 3 is 2.68 bits per heavy atom. The lowest BCUT2D eigenvalue weighted by Crippen LogP contribution is -2.41. The van der Waals surface area contributed by atoms with Crippen molar-refractivity contribution in [3.05, 3.63) is 66.4 Å². The van der Waals surface area contributed by atoms with Crippen LogP contribution in [0.4, 0.5) is 0 Å². The van der Waals surface area contributed by atoms with Gasteiger partial charge in [-0.15, -0.1) is 0 Å². The Bertz CT molecular complexity index is 528. The number of likely N-dealkylation sites (N-methyl/N-ethyl adjacent to an activating group) is 1. The lowest BCUT2D eigenvalue weighted by molar-refractivity contribution is 0.311. The number of aliphatic imine (C=N–C) groups is 1. The first-order valence-corrected chi connectivity index (χ1v) is 6.54. The quantitative estimate of drug-likeness (QED) is 0.822. The fourth-order valence-corrected chi connectivity index (χ4v) is 2.52. The highest BCUT2D eigenvalue weighted by atomic mass is 15.3. The van der Waals surface area contributed by atoms with E-state index in [0.717, 1.165) is 18.4 Å². The van der Waals surface area contributed by atoms with E-state index >= 15 is 0 Å². The number of allylic oxidation sites excluding steroid dienone is 2. The summed E-state index contributed by atoms with van der Waals surface area (Å²) in [5.74, 6) is 1.04. The molecule has 1 unspecified atom stereocenters. The number of amidine groups is 1. The van der Waals surface area contributed by atoms with E-state index in [4.69, 9.17) is 4.99 Å². The Hall–Kier alpha value is -1.87. The van der Waals surface area contributed by atoms with Crippen LogP contribution in [0.5, 0.6) is 0 Å². The summed E-state index contributed by atoms with van der Waals surface area (Å²) in [5.41, 5.74) is 1.21. The van der Waals surface area contributed by atoms with Crippen LogP contribution in [0.15, 0.2) is 59.8 Å². The van der Waals surface area contributed by atoms with Gasteiger partial charge in [0.25, 0.3) is 0 Å². The van der Waals surface area contributed by atoms with E-state index in [-0.39, 0.29) is 6.04 Å². The maximum absolute atomic E-state index is 4.81. The van der Waals surface area contributed by atoms with Crippen LogP contribution in [0.1, 0.15) is 5.56 Å². The molecule has 0 amide bonds. The van der Waals surface area contributed by atoms with Gasteiger partial charge in [-0.2, -0.15) is 0 Å². The summed E-state index contributed by atoms with van der Waals surface area (Å²) in [5, 5.41) is 0. The first-order valence-electron chi connectivity index (χ1n) is 6.54. The Kier molecular flexibility index (Phi) is 3.22. The molecule has 2 aliphatic rings. The predicted octanol–water partition coefficient (Wildman–Crippen LogP) is 2.29. The van der Waals surface area contributed by atoms with Gasteiger partial charge in [0, 0.05) is 12.7 Å². The molecule has 3 heteroatoms. The van der Waals surface area contributed by atoms with Crippen molar-refractivity contribution < 1.29 is 0 Å². The largest absolute Gasteiger partial charge is 0.326 e. The van der Waals surface area contributed by atoms with Crippen molar-refractivity contribution in [3.8, 4) is 0 Å². The lowest BCUT2D eigenvalue weighted by Gasteiger charge is -2.29. The number of benzene rings is 1. The second-order valence-corrected chi connectivity index (χ2v) is 5.11. The molecule has 2 aliphatic heterocycles. The van der Waals surface area contributed by atoms with Gasteiger partial charge in [-0.1, -0.05) is 36.4 Å². The molecule has 2 heterocycles. The molecule has 0 fully saturated rings. The molecule has 0 saturated heterocycles. The standard InChI is InChI=1S/C16H18N3/c1-18(2)12-14-16(13-8-4-3-5-9-13)17-15-10-6-7-11-19(14)15/h3-11,14H,12H2,1-2H3. The Balaban J connectivity index is 1.95. The van der Waals surface area contributed by atoms with Gasteiger partial charge < -0.3 is 9.80 Å². The first kappa shape index (κ1) is 12.2. The van der Waals surface area contributed by atoms with Crippen molar-refractivity contribution in [1.82, 2.24) is 9.80 Å². The van der Waals surface area contributed by atoms with Crippen molar-refractivity contribution in [1.29, 1.82) is 0 Å². The molecule has 0 bridgehead atoms. The normalized spacial score (nSPS) is 21.9. The third-order valence-electron chi connectivity index (χ3n) is 3.36. The zero-order chi connectivity index (χ0) is 13.2. The summed E-state index contributed by atoms with van der Waals surface area (Å²) in [6, 6.07) is 11.9. The maximum Gasteiger partial charge on any atom is 0.141 e. The highest BCUT2D eigenvalue weighted by Crippen LogP contribution is 2.32. The number of fused-ring (bicyclic) bond motifs is 1. The SMILES string of the molecule is CN(C)CC1[C](c2ccccc2)N=C2C=CC=CN21. The molecule has 0 aromatic heterocycles. The van der Waals surface area contributed by atoms with Crippen LogP contribution in [-0.2, 0) is 0 Å². The van der Waals surface area contributed by atoms with E-state index in [9.17, 15) is 0 Å². The molecule has 0 N–H and O–H groups in total. The number of nitrogens with zero attached hydrogens (tertiary/aromatic N) is 3. The van der Waals surface area contributed by atoms with E-state index in [1.807, 2.05) is 12.1 Å². The lowest BCUT2D eigenvalue weighted by atomic mass is 9.99. The predicted molar refractivity (Wildman–Crippen MR) is 78.7 cm³/mol. The monoisotopic (exact) mass is 252 g/mol. The van der Waals surface area contributed by atoms with Crippen LogP contribution in [0.3, 0.4) is 0 Å². The van der Waals surface area contributed by atoms with Gasteiger partial charge in [0.15, 0.2) is 0 Å². The van der Waals surface area contributed by atoms with Crippen molar-refractivity contribution in [2.24, 2.45) is 4.99 Å². The van der Waals surface area contributed by atoms with Crippen LogP contribution < -0.4 is 0 Å². The number of rotatable bonds is 3. The molecule has 1 aromatic carbocycles. The van der Waals surface area contributed by atoms with Crippen molar-refractivity contribution in [3.63, 3.8) is 0 Å². The van der Waals surface area contributed by atoms with E-state index in [1.54, 1.807) is 0 Å². The van der Waals surface area contributed by atoms with Crippen molar-refractivity contribution in [2.45, 2.75) is 6.04 Å². The van der Waals surface area contributed by atoms with Gasteiger partial charge in [-0.3, -0.25) is 4.99 Å². The average Bonchev–Trinajstić information content (AvgIpc) is 2.78. The van der Waals surface area contributed by atoms with Gasteiger partial charge in [-0.25, -0.2) is 0 Å². The van der Waals surface area contributed by atoms with E-state index < -0.39 is 0 Å². The molecule has 1 radical (unpaired) electrons. The van der Waals surface area contributed by atoms with Gasteiger partial charge in [0.2, 0.25) is 0 Å². The Labute approximate surface area is 114 Å². The molecule has 0 saturated carbocycles. The molecule has 19 heavy (non-hydrogen) atoms. The molecule has 3 nitrogen and oxygen atoms in total. The van der Waals surface area contributed by atoms with Crippen LogP contribution in [0.25, 0.3) is 0 Å². The van der Waals surface area contributed by atoms with E-state index in [0.29, 0.717) is 0 Å². The molecular weight excluding hydrogens is 234 g/mol. The molecule has 3 rings (SSSR count). The first-order chi connectivity index (χ1) is 9.25. The summed E-state index contributed by atoms with van der Waals surface area (Å²) in [4.78, 5) is 9.27. The van der Waals surface area contributed by atoms with Gasteiger partial charge in [0.1, 0.15) is 11.9 Å². The summed E-state index contributed by atoms with van der Waals surface area (Å²) in [6.45, 7) is 0.954. The van der Waals surface area contributed by atoms with Crippen LogP contribution in [0, 0.1) is 6.04 Å². The second-order valence-electron chi connectivity index (χ2n) is 5.11. The second kappa shape index (κ2) is 5.02. The summed E-state index contributed by atoms with van der Waals surface area (Å²) >= 11 is 0. The van der Waals surface area contributed by atoms with Crippen LogP contribution in [-0.4, -0.2) is 42.3 Å². The highest BCUT2D eigenvalue weighted by molar-refractivity contribution is 5.98. The molecular formula is C16H18N3. The van der Waals surface area contributed by atoms with Gasteiger partial charge in [-0.05, 0) is 31.8 Å². The van der Waals surface area contributed by atoms with E-state index in [2.05, 4.69) is 66.5 Å². The van der Waals surface area contributed by atoms with Gasteiger partial charge in [0.05, 0.1) is 6.04 Å². The minimum atomic E-state index is 0.286. The Morgan fingerprint density at radius 1 is 1.16 bits per heavy atom. The Morgan fingerprint density at radius 2 is 1.95 bits per heavy atom. The third-order valence-corrected chi connectivity index (χ3v) is 3.36. The number of hydrogen-bond donors (Lipinski definition) is 0. The van der Waals surface area contributed by atoms with Crippen molar-refractivity contribution >= 4 is 5.84 Å². The zero-order valence-corrected chi connectivity index (χ0v) is 11.3. The summed E-state index contributed by atoms with van der Waals surface area (Å²) in [6.07, 6.45) is 8.28. The maximum atomic E-state index is 4.81. The fourth-order valence-electron chi connectivity index (χ4n) is 2.52. The zero-order valence-electron chi connectivity index (χ0n) is 11.3. The summed E-state index contributed by atoms with van der Waals surface area (Å²) < 4.78 is 0. The summed E-state index contributed by atoms with van der Waals surface area (Å²) in [7, 11) is 4.20. The average molecular weight is 252 g/mol. The van der Waals surface area contributed by atoms with E-state index in [1.165, 1.54) is 5.56 Å². The third kappa shape index (κ3) is 2.34. The van der Waals surface area contributed by atoms with Gasteiger partial charge >= 0.3 is 0 Å². The smallest absolute Gasteiger partial charge is 0.141 e. The number of hydrogen-bond acceptors (Lipinski definition) is 3. The van der Waals surface area contributed by atoms with Crippen LogP contribution >= 0.6 is 0 Å². The molecule has 97 valence electrons. The van der Waals surface area contributed by atoms with Crippen LogP contribution in [0.2, 0.25) is 0 Å². The topological polar surface area (TPSA) is 18.8 Å². The molecule has 1 aromatic rings. The van der Waals surface area contributed by atoms with Crippen molar-refractivity contribution in [2.75, 3.05) is 20.6 Å². The highest BCUT2D eigenvalue weighted by Gasteiger charge is 2.36. The minimum Gasteiger partial charge on any atom is -0.326 e.